The molecular formula is C36H28ClNO4. The van der Waals surface area contributed by atoms with Crippen molar-refractivity contribution in [1.29, 1.82) is 0 Å². The predicted octanol–water partition coefficient (Wildman–Crippen LogP) is 7.36. The Morgan fingerprint density at radius 1 is 0.905 bits per heavy atom. The van der Waals surface area contributed by atoms with Crippen LogP contribution in [-0.4, -0.2) is 36.0 Å². The van der Waals surface area contributed by atoms with E-state index in [9.17, 15) is 14.4 Å². The fraction of sp³-hybridized carbons (Fsp3) is 0.194. The summed E-state index contributed by atoms with van der Waals surface area (Å²) in [7, 11) is 0. The van der Waals surface area contributed by atoms with Gasteiger partial charge in [-0.15, -0.1) is 0 Å². The van der Waals surface area contributed by atoms with Crippen molar-refractivity contribution in [2.75, 3.05) is 11.5 Å². The Kier molecular flexibility index (Phi) is 6.17. The largest absolute Gasteiger partial charge is 0.494 e. The molecule has 5 nitrogen and oxygen atoms in total. The van der Waals surface area contributed by atoms with Crippen LogP contribution in [0.3, 0.4) is 0 Å². The zero-order chi connectivity index (χ0) is 29.2. The monoisotopic (exact) mass is 573 g/mol. The molecule has 1 fully saturated rings. The highest BCUT2D eigenvalue weighted by atomic mass is 35.5. The molecule has 4 aromatic carbocycles. The van der Waals surface area contributed by atoms with Gasteiger partial charge in [0.15, 0.2) is 17.3 Å². The number of benzene rings is 4. The lowest BCUT2D eigenvalue weighted by Crippen LogP contribution is -2.48. The van der Waals surface area contributed by atoms with E-state index in [0.29, 0.717) is 39.6 Å². The minimum atomic E-state index is -1.58. The van der Waals surface area contributed by atoms with E-state index in [1.807, 2.05) is 67.3 Å². The van der Waals surface area contributed by atoms with Crippen molar-refractivity contribution in [2.24, 2.45) is 5.41 Å². The van der Waals surface area contributed by atoms with E-state index in [1.165, 1.54) is 0 Å². The molecule has 3 atom stereocenters. The van der Waals surface area contributed by atoms with E-state index >= 15 is 0 Å². The summed E-state index contributed by atoms with van der Waals surface area (Å²) in [6.07, 6.45) is 3.92. The molecular weight excluding hydrogens is 546 g/mol. The molecule has 0 bridgehead atoms. The quantitative estimate of drug-likeness (QED) is 0.184. The number of ether oxygens (including phenoxy) is 1. The number of para-hydroxylation sites is 1. The van der Waals surface area contributed by atoms with Crippen LogP contribution in [0.4, 0.5) is 5.69 Å². The van der Waals surface area contributed by atoms with E-state index in [1.54, 1.807) is 48.5 Å². The standard InChI is InChI=1S/C36H28ClNO4/c1-3-42-29-11-7-6-10-27(29)31-32(33(39)22-13-16-24(37)17-14-22)38-28-18-12-21(2)20-23(28)15-19-30(38)36(31)34(40)25-8-4-5-9-26(25)35(36)41/h4-20,30-32H,3H2,1-2H3/t30-,31+,32-/m0/s1. The lowest BCUT2D eigenvalue weighted by Gasteiger charge is -2.37. The molecule has 6 heteroatoms. The van der Waals surface area contributed by atoms with Crippen molar-refractivity contribution in [3.8, 4) is 5.75 Å². The summed E-state index contributed by atoms with van der Waals surface area (Å²) in [6, 6.07) is 25.7. The number of ketones is 3. The molecule has 0 saturated carbocycles. The third kappa shape index (κ3) is 3.59. The maximum Gasteiger partial charge on any atom is 0.185 e. The Morgan fingerprint density at radius 3 is 2.26 bits per heavy atom. The zero-order valence-electron chi connectivity index (χ0n) is 23.2. The van der Waals surface area contributed by atoms with Crippen molar-refractivity contribution in [1.82, 2.24) is 0 Å². The first-order chi connectivity index (χ1) is 20.4. The van der Waals surface area contributed by atoms with Gasteiger partial charge in [-0.05, 0) is 61.9 Å². The first-order valence-electron chi connectivity index (χ1n) is 14.1. The topological polar surface area (TPSA) is 63.7 Å². The van der Waals surface area contributed by atoms with Crippen molar-refractivity contribution in [3.63, 3.8) is 0 Å². The lowest BCUT2D eigenvalue weighted by molar-refractivity contribution is 0.0664. The summed E-state index contributed by atoms with van der Waals surface area (Å²) in [5, 5.41) is 0.517. The van der Waals surface area contributed by atoms with Crippen LogP contribution in [0.15, 0.2) is 97.1 Å². The summed E-state index contributed by atoms with van der Waals surface area (Å²) in [5.74, 6) is -0.995. The van der Waals surface area contributed by atoms with Gasteiger partial charge in [-0.1, -0.05) is 77.8 Å². The first-order valence-corrected chi connectivity index (χ1v) is 14.5. The highest BCUT2D eigenvalue weighted by Crippen LogP contribution is 2.62. The van der Waals surface area contributed by atoms with E-state index in [4.69, 9.17) is 16.3 Å². The van der Waals surface area contributed by atoms with Gasteiger partial charge >= 0.3 is 0 Å². The number of halogens is 1. The van der Waals surface area contributed by atoms with E-state index in [-0.39, 0.29) is 17.3 Å². The minimum absolute atomic E-state index is 0.191. The summed E-state index contributed by atoms with van der Waals surface area (Å²) >= 11 is 6.20. The Hall–Kier alpha value is -4.48. The first kappa shape index (κ1) is 26.4. The number of carbonyl (C=O) groups excluding carboxylic acids is 3. The van der Waals surface area contributed by atoms with Gasteiger partial charge in [0.2, 0.25) is 0 Å². The minimum Gasteiger partial charge on any atom is -0.494 e. The van der Waals surface area contributed by atoms with Gasteiger partial charge in [0.25, 0.3) is 0 Å². The average molecular weight is 574 g/mol. The summed E-state index contributed by atoms with van der Waals surface area (Å²) < 4.78 is 6.10. The number of carbonyl (C=O) groups is 3. The molecule has 2 heterocycles. The number of anilines is 1. The maximum atomic E-state index is 14.8. The highest BCUT2D eigenvalue weighted by molar-refractivity contribution is 6.32. The van der Waals surface area contributed by atoms with Crippen LogP contribution in [0.2, 0.25) is 5.02 Å². The second-order valence-corrected chi connectivity index (χ2v) is 11.5. The van der Waals surface area contributed by atoms with Crippen LogP contribution >= 0.6 is 11.6 Å². The van der Waals surface area contributed by atoms with Gasteiger partial charge in [-0.25, -0.2) is 0 Å². The van der Waals surface area contributed by atoms with Crippen LogP contribution < -0.4 is 9.64 Å². The van der Waals surface area contributed by atoms with Crippen molar-refractivity contribution < 1.29 is 19.1 Å². The number of hydrogen-bond acceptors (Lipinski definition) is 5. The van der Waals surface area contributed by atoms with Crippen LogP contribution in [0, 0.1) is 12.3 Å². The molecule has 3 aliphatic rings. The van der Waals surface area contributed by atoms with Crippen LogP contribution in [-0.2, 0) is 0 Å². The molecule has 0 radical (unpaired) electrons. The molecule has 42 heavy (non-hydrogen) atoms. The molecule has 1 spiro atoms. The number of rotatable bonds is 5. The fourth-order valence-electron chi connectivity index (χ4n) is 7.25. The van der Waals surface area contributed by atoms with Crippen molar-refractivity contribution >= 4 is 40.7 Å². The molecule has 208 valence electrons. The third-order valence-corrected chi connectivity index (χ3v) is 9.16. The summed E-state index contributed by atoms with van der Waals surface area (Å²) in [4.78, 5) is 46.4. The van der Waals surface area contributed by atoms with Crippen LogP contribution in [0.5, 0.6) is 5.75 Å². The molecule has 2 aliphatic heterocycles. The van der Waals surface area contributed by atoms with Gasteiger partial charge in [0.1, 0.15) is 17.2 Å². The van der Waals surface area contributed by atoms with Gasteiger partial charge in [-0.3, -0.25) is 14.4 Å². The molecule has 1 saturated heterocycles. The normalized spacial score (nSPS) is 21.3. The van der Waals surface area contributed by atoms with Gasteiger partial charge < -0.3 is 9.64 Å². The van der Waals surface area contributed by atoms with Crippen LogP contribution in [0.25, 0.3) is 6.08 Å². The van der Waals surface area contributed by atoms with E-state index in [0.717, 1.165) is 16.8 Å². The number of hydrogen-bond donors (Lipinski definition) is 0. The second kappa shape index (κ2) is 9.81. The molecule has 0 amide bonds. The van der Waals surface area contributed by atoms with E-state index < -0.39 is 23.4 Å². The van der Waals surface area contributed by atoms with Crippen molar-refractivity contribution in [3.05, 3.63) is 135 Å². The fourth-order valence-corrected chi connectivity index (χ4v) is 7.37. The zero-order valence-corrected chi connectivity index (χ0v) is 24.0. The smallest absolute Gasteiger partial charge is 0.185 e. The number of Topliss-reactive ketones (excluding diaryl/α,β-unsaturated/α-hetero) is 3. The SMILES string of the molecule is CCOc1ccccc1[C@@H]1[C@@H](C(=O)c2ccc(Cl)cc2)N2c3ccc(C)cc3C=C[C@H]2C12C(=O)c1ccccc1C2=O. The summed E-state index contributed by atoms with van der Waals surface area (Å²) in [6.45, 7) is 4.30. The number of fused-ring (bicyclic) bond motifs is 5. The Labute approximate surface area is 249 Å². The Balaban J connectivity index is 1.56. The lowest BCUT2D eigenvalue weighted by atomic mass is 9.64. The predicted molar refractivity (Wildman–Crippen MR) is 164 cm³/mol. The molecule has 0 N–H and O–H groups in total. The van der Waals surface area contributed by atoms with Gasteiger partial charge in [0, 0.05) is 38.9 Å². The summed E-state index contributed by atoms with van der Waals surface area (Å²) in [5.41, 5.74) is 3.15. The third-order valence-electron chi connectivity index (χ3n) is 8.91. The molecule has 0 aromatic heterocycles. The number of aryl methyl sites for hydroxylation is 1. The molecule has 4 aromatic rings. The van der Waals surface area contributed by atoms with Crippen molar-refractivity contribution in [2.45, 2.75) is 31.8 Å². The Bertz CT molecular complexity index is 1770. The highest BCUT2D eigenvalue weighted by Gasteiger charge is 2.71. The van der Waals surface area contributed by atoms with Crippen LogP contribution in [0.1, 0.15) is 60.6 Å². The molecule has 0 unspecified atom stereocenters. The van der Waals surface area contributed by atoms with Gasteiger partial charge in [-0.2, -0.15) is 0 Å². The second-order valence-electron chi connectivity index (χ2n) is 11.1. The molecule has 7 rings (SSSR count). The average Bonchev–Trinajstić information content (AvgIpc) is 3.43. The number of nitrogens with zero attached hydrogens (tertiary/aromatic N) is 1. The maximum absolute atomic E-state index is 14.8. The Morgan fingerprint density at radius 2 is 1.57 bits per heavy atom. The van der Waals surface area contributed by atoms with Gasteiger partial charge in [0.05, 0.1) is 12.6 Å². The molecule has 1 aliphatic carbocycles. The van der Waals surface area contributed by atoms with E-state index in [2.05, 4.69) is 6.07 Å².